The van der Waals surface area contributed by atoms with Crippen LogP contribution in [-0.4, -0.2) is 30.8 Å². The van der Waals surface area contributed by atoms with Crippen LogP contribution in [0.1, 0.15) is 11.8 Å². The molecule has 0 bridgehead atoms. The minimum Gasteiger partial charge on any atom is -0.301 e. The fourth-order valence-corrected chi connectivity index (χ4v) is 1.93. The van der Waals surface area contributed by atoms with E-state index in [1.54, 1.807) is 6.20 Å². The number of hydrogen-bond acceptors (Lipinski definition) is 5. The Labute approximate surface area is 92.5 Å². The summed E-state index contributed by atoms with van der Waals surface area (Å²) in [7, 11) is -3.35. The van der Waals surface area contributed by atoms with E-state index < -0.39 is 21.0 Å². The van der Waals surface area contributed by atoms with Crippen LogP contribution >= 0.6 is 11.3 Å². The van der Waals surface area contributed by atoms with Crippen LogP contribution in [0.3, 0.4) is 0 Å². The zero-order valence-corrected chi connectivity index (χ0v) is 10.3. The highest BCUT2D eigenvalue weighted by atomic mass is 32.2. The second-order valence-corrected chi connectivity index (χ2v) is 6.84. The maximum atomic E-state index is 11.4. The second kappa shape index (κ2) is 4.28. The van der Waals surface area contributed by atoms with E-state index in [-0.39, 0.29) is 0 Å². The van der Waals surface area contributed by atoms with Gasteiger partial charge in [-0.1, -0.05) is 0 Å². The van der Waals surface area contributed by atoms with Gasteiger partial charge in [-0.15, -0.1) is 11.3 Å². The van der Waals surface area contributed by atoms with Gasteiger partial charge in [-0.2, -0.15) is 0 Å². The molecule has 1 amide bonds. The van der Waals surface area contributed by atoms with Gasteiger partial charge in [0.2, 0.25) is 5.91 Å². The summed E-state index contributed by atoms with van der Waals surface area (Å²) in [5, 5.41) is 1.83. The molecule has 7 heteroatoms. The lowest BCUT2D eigenvalue weighted by Crippen LogP contribution is -2.31. The molecule has 0 fully saturated rings. The third-order valence-corrected chi connectivity index (χ3v) is 4.19. The first-order valence-electron chi connectivity index (χ1n) is 4.23. The van der Waals surface area contributed by atoms with Crippen molar-refractivity contribution in [2.24, 2.45) is 0 Å². The largest absolute Gasteiger partial charge is 0.301 e. The van der Waals surface area contributed by atoms with Crippen molar-refractivity contribution in [1.82, 2.24) is 4.98 Å². The van der Waals surface area contributed by atoms with Crippen molar-refractivity contribution in [3.05, 3.63) is 11.1 Å². The summed E-state index contributed by atoms with van der Waals surface area (Å²) in [5.74, 6) is -0.549. The Morgan fingerprint density at radius 3 is 2.60 bits per heavy atom. The average molecular weight is 248 g/mol. The minimum atomic E-state index is -3.35. The van der Waals surface area contributed by atoms with Gasteiger partial charge in [0.15, 0.2) is 15.0 Å². The zero-order chi connectivity index (χ0) is 11.6. The number of nitrogens with one attached hydrogen (secondary N) is 1. The first-order valence-corrected chi connectivity index (χ1v) is 7.00. The maximum Gasteiger partial charge on any atom is 0.244 e. The first kappa shape index (κ1) is 12.1. The Kier molecular flexibility index (Phi) is 3.46. The summed E-state index contributed by atoms with van der Waals surface area (Å²) in [4.78, 5) is 16.3. The van der Waals surface area contributed by atoms with Gasteiger partial charge < -0.3 is 5.32 Å². The smallest absolute Gasteiger partial charge is 0.244 e. The average Bonchev–Trinajstić information content (AvgIpc) is 2.48. The summed E-state index contributed by atoms with van der Waals surface area (Å²) in [5.41, 5.74) is 0. The molecule has 0 spiro atoms. The summed E-state index contributed by atoms with van der Waals surface area (Å²) >= 11 is 1.31. The third-order valence-electron chi connectivity index (χ3n) is 1.86. The fraction of sp³-hybridized carbons (Fsp3) is 0.500. The summed E-state index contributed by atoms with van der Waals surface area (Å²) < 4.78 is 22.2. The van der Waals surface area contributed by atoms with Crippen molar-refractivity contribution >= 4 is 32.2 Å². The third kappa shape index (κ3) is 3.28. The molecule has 0 saturated heterocycles. The van der Waals surface area contributed by atoms with Crippen molar-refractivity contribution in [1.29, 1.82) is 0 Å². The molecule has 1 atom stereocenters. The number of aromatic nitrogens is 1. The first-order chi connectivity index (χ1) is 6.80. The number of amides is 1. The molecule has 15 heavy (non-hydrogen) atoms. The fourth-order valence-electron chi connectivity index (χ4n) is 0.814. The molecule has 0 aliphatic heterocycles. The van der Waals surface area contributed by atoms with Gasteiger partial charge >= 0.3 is 0 Å². The zero-order valence-electron chi connectivity index (χ0n) is 8.64. The highest BCUT2D eigenvalue weighted by Crippen LogP contribution is 2.17. The number of aryl methyl sites for hydroxylation is 1. The van der Waals surface area contributed by atoms with Gasteiger partial charge in [0.1, 0.15) is 5.25 Å². The van der Waals surface area contributed by atoms with Crippen LogP contribution in [-0.2, 0) is 14.6 Å². The monoisotopic (exact) mass is 248 g/mol. The SMILES string of the molecule is Cc1cnc(NC(=O)[C@H](C)S(C)(=O)=O)s1. The molecule has 0 unspecified atom stereocenters. The molecular weight excluding hydrogens is 236 g/mol. The summed E-state index contributed by atoms with van der Waals surface area (Å²) in [6.45, 7) is 3.21. The highest BCUT2D eigenvalue weighted by Gasteiger charge is 2.24. The van der Waals surface area contributed by atoms with Crippen LogP contribution in [0, 0.1) is 6.92 Å². The number of thiazole rings is 1. The van der Waals surface area contributed by atoms with Crippen molar-refractivity contribution < 1.29 is 13.2 Å². The molecule has 0 aliphatic rings. The van der Waals surface area contributed by atoms with Crippen molar-refractivity contribution in [3.8, 4) is 0 Å². The number of rotatable bonds is 3. The van der Waals surface area contributed by atoms with Crippen molar-refractivity contribution in [3.63, 3.8) is 0 Å². The number of nitrogens with zero attached hydrogens (tertiary/aromatic N) is 1. The second-order valence-electron chi connectivity index (χ2n) is 3.24. The molecule has 0 aromatic carbocycles. The van der Waals surface area contributed by atoms with Gasteiger partial charge in [-0.25, -0.2) is 13.4 Å². The van der Waals surface area contributed by atoms with E-state index in [0.29, 0.717) is 5.13 Å². The van der Waals surface area contributed by atoms with Crippen molar-refractivity contribution in [2.45, 2.75) is 19.1 Å². The predicted molar refractivity (Wildman–Crippen MR) is 59.8 cm³/mol. The molecule has 84 valence electrons. The van der Waals surface area contributed by atoms with E-state index in [9.17, 15) is 13.2 Å². The Morgan fingerprint density at radius 1 is 1.60 bits per heavy atom. The van der Waals surface area contributed by atoms with Crippen LogP contribution in [0.15, 0.2) is 6.20 Å². The molecular formula is C8H12N2O3S2. The molecule has 5 nitrogen and oxygen atoms in total. The van der Waals surface area contributed by atoms with Crippen LogP contribution in [0.5, 0.6) is 0 Å². The Hall–Kier alpha value is -0.950. The Bertz CT molecular complexity index is 464. The molecule has 0 radical (unpaired) electrons. The highest BCUT2D eigenvalue weighted by molar-refractivity contribution is 7.92. The van der Waals surface area contributed by atoms with E-state index in [0.717, 1.165) is 11.1 Å². The Morgan fingerprint density at radius 2 is 2.20 bits per heavy atom. The summed E-state index contributed by atoms with van der Waals surface area (Å²) in [6.07, 6.45) is 2.65. The lowest BCUT2D eigenvalue weighted by molar-refractivity contribution is -0.115. The summed E-state index contributed by atoms with van der Waals surface area (Å²) in [6, 6.07) is 0. The van der Waals surface area contributed by atoms with Crippen molar-refractivity contribution in [2.75, 3.05) is 11.6 Å². The standard InChI is InChI=1S/C8H12N2O3S2/c1-5-4-9-8(14-5)10-7(11)6(2)15(3,12)13/h4,6H,1-3H3,(H,9,10,11)/t6-/m0/s1. The molecule has 1 aromatic heterocycles. The number of carbonyl (C=O) groups excluding carboxylic acids is 1. The van der Waals surface area contributed by atoms with Gasteiger partial charge in [-0.3, -0.25) is 4.79 Å². The number of anilines is 1. The molecule has 1 heterocycles. The normalized spacial score (nSPS) is 13.5. The number of sulfone groups is 1. The molecule has 0 aliphatic carbocycles. The minimum absolute atomic E-state index is 0.424. The van der Waals surface area contributed by atoms with E-state index in [1.807, 2.05) is 6.92 Å². The quantitative estimate of drug-likeness (QED) is 0.859. The van der Waals surface area contributed by atoms with Gasteiger partial charge in [0.05, 0.1) is 0 Å². The van der Waals surface area contributed by atoms with E-state index >= 15 is 0 Å². The van der Waals surface area contributed by atoms with E-state index in [1.165, 1.54) is 18.3 Å². The molecule has 0 saturated carbocycles. The predicted octanol–water partition coefficient (Wildman–Crippen LogP) is 0.823. The van der Waals surface area contributed by atoms with E-state index in [2.05, 4.69) is 10.3 Å². The van der Waals surface area contributed by atoms with Gasteiger partial charge in [0, 0.05) is 17.3 Å². The lowest BCUT2D eigenvalue weighted by atomic mass is 10.4. The van der Waals surface area contributed by atoms with Crippen LogP contribution < -0.4 is 5.32 Å². The van der Waals surface area contributed by atoms with E-state index in [4.69, 9.17) is 0 Å². The molecule has 1 aromatic rings. The van der Waals surface area contributed by atoms with Gasteiger partial charge in [-0.05, 0) is 13.8 Å². The molecule has 1 N–H and O–H groups in total. The maximum absolute atomic E-state index is 11.4. The van der Waals surface area contributed by atoms with Crippen LogP contribution in [0.2, 0.25) is 0 Å². The van der Waals surface area contributed by atoms with Gasteiger partial charge in [0.25, 0.3) is 0 Å². The molecule has 1 rings (SSSR count). The topological polar surface area (TPSA) is 76.1 Å². The number of hydrogen-bond donors (Lipinski definition) is 1. The number of carbonyl (C=O) groups is 1. The van der Waals surface area contributed by atoms with Crippen LogP contribution in [0.25, 0.3) is 0 Å². The Balaban J connectivity index is 2.72. The van der Waals surface area contributed by atoms with Crippen LogP contribution in [0.4, 0.5) is 5.13 Å². The lowest BCUT2D eigenvalue weighted by Gasteiger charge is -2.07.